The molecule has 4 heterocycles. The van der Waals surface area contributed by atoms with Crippen LogP contribution in [0.25, 0.3) is 16.0 Å². The number of nitrogens with one attached hydrogen (secondary N) is 2. The molecule has 0 radical (unpaired) electrons. The molecule has 4 aromatic heterocycles. The molecule has 0 aromatic carbocycles. The fraction of sp³-hybridized carbons (Fsp3) is 0.286. The maximum Gasteiger partial charge on any atom is 0.259 e. The lowest BCUT2D eigenvalue weighted by atomic mass is 10.2. The Morgan fingerprint density at radius 3 is 3.06 bits per heavy atom. The second kappa shape index (κ2) is 8.64. The molecule has 0 spiro atoms. The van der Waals surface area contributed by atoms with Crippen LogP contribution in [0.2, 0.25) is 0 Å². The molecule has 5 rings (SSSR count). The van der Waals surface area contributed by atoms with Gasteiger partial charge in [-0.1, -0.05) is 6.07 Å². The summed E-state index contributed by atoms with van der Waals surface area (Å²) in [6.07, 6.45) is 8.38. The maximum atomic E-state index is 12.5. The van der Waals surface area contributed by atoms with Gasteiger partial charge >= 0.3 is 0 Å². The Labute approximate surface area is 186 Å². The van der Waals surface area contributed by atoms with Crippen molar-refractivity contribution in [2.75, 3.05) is 5.75 Å². The lowest BCUT2D eigenvalue weighted by molar-refractivity contribution is -0.118. The second-order valence-electron chi connectivity index (χ2n) is 7.29. The van der Waals surface area contributed by atoms with Gasteiger partial charge in [-0.05, 0) is 42.5 Å². The van der Waals surface area contributed by atoms with E-state index in [0.29, 0.717) is 23.9 Å². The molecule has 1 aliphatic carbocycles. The number of hydrogen-bond acceptors (Lipinski definition) is 7. The molecule has 0 atom stereocenters. The number of H-pyrrole nitrogens is 1. The molecule has 0 aliphatic heterocycles. The van der Waals surface area contributed by atoms with Gasteiger partial charge in [0.15, 0.2) is 5.82 Å². The van der Waals surface area contributed by atoms with E-state index in [0.717, 1.165) is 40.9 Å². The Morgan fingerprint density at radius 1 is 1.32 bits per heavy atom. The number of aromatic amines is 1. The SMILES string of the molecule is O=C(CSCc1nc2sc3c(c2c(=O)[nH]1)CCC3)NCc1ccc(-n2cccn2)nc1. The topological polar surface area (TPSA) is 106 Å². The minimum atomic E-state index is -0.0697. The van der Waals surface area contributed by atoms with E-state index in [-0.39, 0.29) is 11.5 Å². The van der Waals surface area contributed by atoms with Crippen LogP contribution >= 0.6 is 23.1 Å². The summed E-state index contributed by atoms with van der Waals surface area (Å²) in [5, 5.41) is 7.79. The summed E-state index contributed by atoms with van der Waals surface area (Å²) in [6.45, 7) is 0.410. The predicted molar refractivity (Wildman–Crippen MR) is 122 cm³/mol. The van der Waals surface area contributed by atoms with Gasteiger partial charge in [0, 0.05) is 30.0 Å². The number of carbonyl (C=O) groups excluding carboxylic acids is 1. The van der Waals surface area contributed by atoms with Gasteiger partial charge in [-0.15, -0.1) is 23.1 Å². The van der Waals surface area contributed by atoms with E-state index < -0.39 is 0 Å². The molecule has 2 N–H and O–H groups in total. The summed E-state index contributed by atoms with van der Waals surface area (Å²) in [5.41, 5.74) is 2.03. The minimum Gasteiger partial charge on any atom is -0.351 e. The Balaban J connectivity index is 1.12. The monoisotopic (exact) mass is 452 g/mol. The summed E-state index contributed by atoms with van der Waals surface area (Å²) in [4.78, 5) is 38.6. The van der Waals surface area contributed by atoms with Crippen molar-refractivity contribution >= 4 is 39.2 Å². The van der Waals surface area contributed by atoms with E-state index in [4.69, 9.17) is 0 Å². The molecule has 0 saturated carbocycles. The fourth-order valence-corrected chi connectivity index (χ4v) is 5.67. The smallest absolute Gasteiger partial charge is 0.259 e. The standard InChI is InChI=1S/C21H20N6O2S2/c28-18(23-10-13-5-6-17(22-9-13)27-8-2-7-24-27)12-30-11-16-25-20(29)19-14-3-1-4-15(14)31-21(19)26-16/h2,5-9H,1,3-4,10-12H2,(H,23,28)(H,25,26,29). The third kappa shape index (κ3) is 4.26. The summed E-state index contributed by atoms with van der Waals surface area (Å²) < 4.78 is 1.68. The van der Waals surface area contributed by atoms with Crippen molar-refractivity contribution in [3.05, 3.63) is 69.0 Å². The lowest BCUT2D eigenvalue weighted by Crippen LogP contribution is -2.24. The van der Waals surface area contributed by atoms with Crippen LogP contribution in [0.3, 0.4) is 0 Å². The molecule has 31 heavy (non-hydrogen) atoms. The van der Waals surface area contributed by atoms with E-state index >= 15 is 0 Å². The van der Waals surface area contributed by atoms with Gasteiger partial charge in [0.1, 0.15) is 10.7 Å². The highest BCUT2D eigenvalue weighted by molar-refractivity contribution is 7.99. The van der Waals surface area contributed by atoms with E-state index in [9.17, 15) is 9.59 Å². The third-order valence-corrected chi connectivity index (χ3v) is 7.26. The van der Waals surface area contributed by atoms with Crippen molar-refractivity contribution in [2.45, 2.75) is 31.6 Å². The van der Waals surface area contributed by atoms with Crippen LogP contribution in [-0.4, -0.2) is 36.4 Å². The van der Waals surface area contributed by atoms with Crippen LogP contribution < -0.4 is 10.9 Å². The zero-order valence-electron chi connectivity index (χ0n) is 16.6. The number of aryl methyl sites for hydroxylation is 2. The highest BCUT2D eigenvalue weighted by Crippen LogP contribution is 2.34. The van der Waals surface area contributed by atoms with Crippen molar-refractivity contribution in [2.24, 2.45) is 0 Å². The molecule has 0 fully saturated rings. The van der Waals surface area contributed by atoms with E-state index in [1.807, 2.05) is 24.4 Å². The number of nitrogens with zero attached hydrogens (tertiary/aromatic N) is 4. The number of amides is 1. The number of fused-ring (bicyclic) bond motifs is 3. The fourth-order valence-electron chi connectivity index (χ4n) is 3.67. The average molecular weight is 453 g/mol. The number of aromatic nitrogens is 5. The van der Waals surface area contributed by atoms with Crippen LogP contribution in [0.5, 0.6) is 0 Å². The first-order valence-corrected chi connectivity index (χ1v) is 12.0. The van der Waals surface area contributed by atoms with E-state index in [2.05, 4.69) is 25.4 Å². The number of carbonyl (C=O) groups is 1. The highest BCUT2D eigenvalue weighted by atomic mass is 32.2. The average Bonchev–Trinajstić information content (AvgIpc) is 3.50. The molecule has 158 valence electrons. The summed E-state index contributed by atoms with van der Waals surface area (Å²) in [7, 11) is 0. The van der Waals surface area contributed by atoms with Crippen molar-refractivity contribution in [3.8, 4) is 5.82 Å². The van der Waals surface area contributed by atoms with Gasteiger partial charge in [-0.25, -0.2) is 14.6 Å². The van der Waals surface area contributed by atoms with Gasteiger partial charge in [-0.3, -0.25) is 9.59 Å². The minimum absolute atomic E-state index is 0.0597. The van der Waals surface area contributed by atoms with E-state index in [1.54, 1.807) is 28.4 Å². The van der Waals surface area contributed by atoms with Gasteiger partial charge in [0.25, 0.3) is 5.56 Å². The molecule has 1 amide bonds. The second-order valence-corrected chi connectivity index (χ2v) is 9.36. The Kier molecular flexibility index (Phi) is 5.56. The Hall–Kier alpha value is -2.98. The van der Waals surface area contributed by atoms with Gasteiger partial charge in [-0.2, -0.15) is 5.10 Å². The molecule has 4 aromatic rings. The molecular formula is C21H20N6O2S2. The quantitative estimate of drug-likeness (QED) is 0.447. The molecular weight excluding hydrogens is 432 g/mol. The van der Waals surface area contributed by atoms with Crippen molar-refractivity contribution < 1.29 is 4.79 Å². The maximum absolute atomic E-state index is 12.5. The van der Waals surface area contributed by atoms with Gasteiger partial charge in [0.05, 0.1) is 16.9 Å². The van der Waals surface area contributed by atoms with Crippen LogP contribution in [0, 0.1) is 0 Å². The molecule has 10 heteroatoms. The molecule has 1 aliphatic rings. The van der Waals surface area contributed by atoms with Crippen LogP contribution in [0.15, 0.2) is 41.6 Å². The van der Waals surface area contributed by atoms with Crippen molar-refractivity contribution in [1.82, 2.24) is 30.0 Å². The number of hydrogen-bond donors (Lipinski definition) is 2. The van der Waals surface area contributed by atoms with Gasteiger partial charge < -0.3 is 10.3 Å². The molecule has 0 bridgehead atoms. The Morgan fingerprint density at radius 2 is 2.26 bits per heavy atom. The summed E-state index contributed by atoms with van der Waals surface area (Å²) in [5.74, 6) is 2.06. The summed E-state index contributed by atoms with van der Waals surface area (Å²) >= 11 is 3.06. The van der Waals surface area contributed by atoms with Crippen molar-refractivity contribution in [3.63, 3.8) is 0 Å². The number of rotatable bonds is 7. The highest BCUT2D eigenvalue weighted by Gasteiger charge is 2.21. The largest absolute Gasteiger partial charge is 0.351 e. The molecule has 8 nitrogen and oxygen atoms in total. The number of thiophene rings is 1. The third-order valence-electron chi connectivity index (χ3n) is 5.13. The first-order chi connectivity index (χ1) is 15.2. The van der Waals surface area contributed by atoms with Gasteiger partial charge in [0.2, 0.25) is 5.91 Å². The van der Waals surface area contributed by atoms with Crippen LogP contribution in [0.1, 0.15) is 28.2 Å². The van der Waals surface area contributed by atoms with Crippen LogP contribution in [0.4, 0.5) is 0 Å². The predicted octanol–water partition coefficient (Wildman–Crippen LogP) is 2.60. The summed E-state index contributed by atoms with van der Waals surface area (Å²) in [6, 6.07) is 5.62. The number of pyridine rings is 1. The van der Waals surface area contributed by atoms with Crippen LogP contribution in [-0.2, 0) is 29.9 Å². The molecule has 0 saturated heterocycles. The molecule has 0 unspecified atom stereocenters. The van der Waals surface area contributed by atoms with E-state index in [1.165, 1.54) is 22.2 Å². The van der Waals surface area contributed by atoms with Crippen molar-refractivity contribution in [1.29, 1.82) is 0 Å². The first-order valence-electron chi connectivity index (χ1n) is 10.0. The zero-order chi connectivity index (χ0) is 21.2. The number of thioether (sulfide) groups is 1. The zero-order valence-corrected chi connectivity index (χ0v) is 18.3. The first kappa shape index (κ1) is 20.0. The lowest BCUT2D eigenvalue weighted by Gasteiger charge is -2.06. The normalized spacial score (nSPS) is 12.9. The Bertz CT molecular complexity index is 1280.